The normalized spacial score (nSPS) is 12.6. The van der Waals surface area contributed by atoms with Crippen molar-refractivity contribution in [1.82, 2.24) is 0 Å². The third kappa shape index (κ3) is 6.90. The van der Waals surface area contributed by atoms with Gasteiger partial charge in [0.15, 0.2) is 6.10 Å². The molecule has 0 saturated carbocycles. The van der Waals surface area contributed by atoms with Gasteiger partial charge in [0.1, 0.15) is 16.8 Å². The van der Waals surface area contributed by atoms with Gasteiger partial charge in [-0.3, -0.25) is 14.4 Å². The van der Waals surface area contributed by atoms with Crippen molar-refractivity contribution < 1.29 is 28.2 Å². The quantitative estimate of drug-likeness (QED) is 0.493. The van der Waals surface area contributed by atoms with Crippen LogP contribution in [0.3, 0.4) is 0 Å². The average Bonchev–Trinajstić information content (AvgIpc) is 2.73. The Kier molecular flexibility index (Phi) is 8.21. The monoisotopic (exact) mass is 419 g/mol. The molecule has 6 nitrogen and oxygen atoms in total. The molecule has 1 N–H and O–H groups in total. The van der Waals surface area contributed by atoms with Crippen LogP contribution in [0.5, 0.6) is 5.75 Å². The minimum absolute atomic E-state index is 0.00838. The summed E-state index contributed by atoms with van der Waals surface area (Å²) >= 11 is 1.08. The summed E-state index contributed by atoms with van der Waals surface area (Å²) in [6.45, 7) is 3.10. The van der Waals surface area contributed by atoms with Crippen molar-refractivity contribution >= 4 is 35.1 Å². The zero-order valence-electron chi connectivity index (χ0n) is 16.3. The molecule has 8 heteroatoms. The zero-order chi connectivity index (χ0) is 21.4. The molecule has 0 aromatic heterocycles. The highest BCUT2D eigenvalue weighted by Crippen LogP contribution is 2.17. The minimum Gasteiger partial charge on any atom is -0.497 e. The maximum Gasteiger partial charge on any atom is 0.319 e. The van der Waals surface area contributed by atoms with Gasteiger partial charge in [0.05, 0.1) is 12.9 Å². The lowest BCUT2D eigenvalue weighted by Crippen LogP contribution is -2.29. The zero-order valence-corrected chi connectivity index (χ0v) is 17.1. The number of anilines is 1. The number of hydrogen-bond donors (Lipinski definition) is 1. The average molecular weight is 419 g/mol. The highest BCUT2D eigenvalue weighted by molar-refractivity contribution is 8.01. The largest absolute Gasteiger partial charge is 0.497 e. The van der Waals surface area contributed by atoms with Crippen LogP contribution in [0.4, 0.5) is 10.1 Å². The van der Waals surface area contributed by atoms with E-state index in [2.05, 4.69) is 5.32 Å². The standard InChI is InChI=1S/C21H22FNO5S/c1-13(20(25)15-4-10-18(27-3)11-5-15)28-21(26)14(2)29-12-19(24)23-17-8-6-16(22)7-9-17/h4-11,13-14H,12H2,1-3H3,(H,23,24)/t13-,14-/m1/s1. The summed E-state index contributed by atoms with van der Waals surface area (Å²) in [6.07, 6.45) is -0.952. The predicted molar refractivity (Wildman–Crippen MR) is 110 cm³/mol. The molecular weight excluding hydrogens is 397 g/mol. The number of hydrogen-bond acceptors (Lipinski definition) is 6. The van der Waals surface area contributed by atoms with Gasteiger partial charge in [-0.2, -0.15) is 0 Å². The Morgan fingerprint density at radius 1 is 1.03 bits per heavy atom. The molecule has 154 valence electrons. The van der Waals surface area contributed by atoms with Crippen LogP contribution >= 0.6 is 11.8 Å². The molecule has 0 aliphatic heterocycles. The van der Waals surface area contributed by atoms with Gasteiger partial charge in [-0.25, -0.2) is 4.39 Å². The molecule has 29 heavy (non-hydrogen) atoms. The summed E-state index contributed by atoms with van der Waals surface area (Å²) < 4.78 is 23.2. The van der Waals surface area contributed by atoms with Crippen molar-refractivity contribution in [2.45, 2.75) is 25.2 Å². The molecule has 0 saturated heterocycles. The molecule has 1 amide bonds. The van der Waals surface area contributed by atoms with Gasteiger partial charge < -0.3 is 14.8 Å². The van der Waals surface area contributed by atoms with Crippen molar-refractivity contribution in [3.63, 3.8) is 0 Å². The fourth-order valence-corrected chi connectivity index (χ4v) is 2.98. The summed E-state index contributed by atoms with van der Waals surface area (Å²) in [4.78, 5) is 36.5. The van der Waals surface area contributed by atoms with Crippen molar-refractivity contribution in [2.24, 2.45) is 0 Å². The number of halogens is 1. The van der Waals surface area contributed by atoms with Crippen LogP contribution in [0.1, 0.15) is 24.2 Å². The molecule has 0 aliphatic rings. The predicted octanol–water partition coefficient (Wildman–Crippen LogP) is 3.71. The van der Waals surface area contributed by atoms with Crippen LogP contribution in [0.15, 0.2) is 48.5 Å². The number of benzene rings is 2. The third-order valence-electron chi connectivity index (χ3n) is 3.96. The fraction of sp³-hybridized carbons (Fsp3) is 0.286. The van der Waals surface area contributed by atoms with Gasteiger partial charge in [-0.1, -0.05) is 0 Å². The van der Waals surface area contributed by atoms with Crippen LogP contribution in [-0.2, 0) is 14.3 Å². The Labute approximate surface area is 172 Å². The maximum atomic E-state index is 12.9. The molecular formula is C21H22FNO5S. The molecule has 2 aromatic rings. The number of ether oxygens (including phenoxy) is 2. The first-order chi connectivity index (χ1) is 13.8. The van der Waals surface area contributed by atoms with E-state index >= 15 is 0 Å². The SMILES string of the molecule is COc1ccc(C(=O)[C@@H](C)OC(=O)[C@@H](C)SCC(=O)Nc2ccc(F)cc2)cc1. The second-order valence-electron chi connectivity index (χ2n) is 6.18. The fourth-order valence-electron chi connectivity index (χ4n) is 2.31. The van der Waals surface area contributed by atoms with E-state index in [1.54, 1.807) is 31.2 Å². The summed E-state index contributed by atoms with van der Waals surface area (Å²) in [5.41, 5.74) is 0.871. The van der Waals surface area contributed by atoms with Crippen molar-refractivity contribution in [1.29, 1.82) is 0 Å². The van der Waals surface area contributed by atoms with Crippen LogP contribution < -0.4 is 10.1 Å². The number of methoxy groups -OCH3 is 1. The molecule has 0 unspecified atom stereocenters. The number of carbonyl (C=O) groups excluding carboxylic acids is 3. The molecule has 0 heterocycles. The molecule has 2 aromatic carbocycles. The van der Waals surface area contributed by atoms with E-state index in [1.807, 2.05) is 0 Å². The number of amides is 1. The van der Waals surface area contributed by atoms with Crippen LogP contribution in [-0.4, -0.2) is 41.9 Å². The summed E-state index contributed by atoms with van der Waals surface area (Å²) in [5.74, 6) is -1.01. The lowest BCUT2D eigenvalue weighted by Gasteiger charge is -2.16. The number of Topliss-reactive ketones (excluding diaryl/α,β-unsaturated/α-hetero) is 1. The van der Waals surface area contributed by atoms with E-state index in [1.165, 1.54) is 38.3 Å². The van der Waals surface area contributed by atoms with Crippen molar-refractivity contribution in [3.8, 4) is 5.75 Å². The Bertz CT molecular complexity index is 854. The first kappa shape index (κ1) is 22.4. The molecule has 0 fully saturated rings. The van der Waals surface area contributed by atoms with Gasteiger partial charge in [-0.05, 0) is 62.4 Å². The molecule has 0 bridgehead atoms. The number of carbonyl (C=O) groups is 3. The van der Waals surface area contributed by atoms with Crippen LogP contribution in [0.25, 0.3) is 0 Å². The minimum atomic E-state index is -0.952. The maximum absolute atomic E-state index is 12.9. The molecule has 0 spiro atoms. The molecule has 0 aliphatic carbocycles. The smallest absolute Gasteiger partial charge is 0.319 e. The highest BCUT2D eigenvalue weighted by atomic mass is 32.2. The number of ketones is 1. The molecule has 2 rings (SSSR count). The topological polar surface area (TPSA) is 81.7 Å². The van der Waals surface area contributed by atoms with E-state index in [4.69, 9.17) is 9.47 Å². The highest BCUT2D eigenvalue weighted by Gasteiger charge is 2.24. The number of thioether (sulfide) groups is 1. The van der Waals surface area contributed by atoms with Gasteiger partial charge in [0.2, 0.25) is 11.7 Å². The Morgan fingerprint density at radius 2 is 1.66 bits per heavy atom. The van der Waals surface area contributed by atoms with E-state index in [0.717, 1.165) is 11.8 Å². The van der Waals surface area contributed by atoms with Crippen LogP contribution in [0, 0.1) is 5.82 Å². The second kappa shape index (κ2) is 10.6. The lowest BCUT2D eigenvalue weighted by atomic mass is 10.1. The third-order valence-corrected chi connectivity index (χ3v) is 5.08. The van der Waals surface area contributed by atoms with Crippen LogP contribution in [0.2, 0.25) is 0 Å². The molecule has 2 atom stereocenters. The molecule has 0 radical (unpaired) electrons. The Hall–Kier alpha value is -2.87. The van der Waals surface area contributed by atoms with Crippen molar-refractivity contribution in [3.05, 3.63) is 59.9 Å². The van der Waals surface area contributed by atoms with Crippen molar-refractivity contribution in [2.75, 3.05) is 18.2 Å². The lowest BCUT2D eigenvalue weighted by molar-refractivity contribution is -0.145. The first-order valence-electron chi connectivity index (χ1n) is 8.86. The van der Waals surface area contributed by atoms with E-state index in [9.17, 15) is 18.8 Å². The summed E-state index contributed by atoms with van der Waals surface area (Å²) in [7, 11) is 1.53. The second-order valence-corrected chi connectivity index (χ2v) is 7.51. The Morgan fingerprint density at radius 3 is 2.24 bits per heavy atom. The van der Waals surface area contributed by atoms with E-state index in [-0.39, 0.29) is 17.4 Å². The number of esters is 1. The first-order valence-corrected chi connectivity index (χ1v) is 9.91. The van der Waals surface area contributed by atoms with Gasteiger partial charge >= 0.3 is 5.97 Å². The Balaban J connectivity index is 1.80. The van der Waals surface area contributed by atoms with Gasteiger partial charge in [-0.15, -0.1) is 11.8 Å². The summed E-state index contributed by atoms with van der Waals surface area (Å²) in [6, 6.07) is 11.9. The number of nitrogens with one attached hydrogen (secondary N) is 1. The number of rotatable bonds is 9. The van der Waals surface area contributed by atoms with Gasteiger partial charge in [0.25, 0.3) is 0 Å². The summed E-state index contributed by atoms with van der Waals surface area (Å²) in [5, 5.41) is 1.97. The van der Waals surface area contributed by atoms with Gasteiger partial charge in [0, 0.05) is 11.3 Å². The van der Waals surface area contributed by atoms with E-state index in [0.29, 0.717) is 17.0 Å². The van der Waals surface area contributed by atoms with E-state index < -0.39 is 23.1 Å².